The minimum absolute atomic E-state index is 0.165. The third kappa shape index (κ3) is 4.52. The van der Waals surface area contributed by atoms with E-state index in [0.717, 1.165) is 40.4 Å². The Balaban J connectivity index is 1.34. The largest absolute Gasteiger partial charge is 0.494 e. The Hall–Kier alpha value is -3.22. The number of ether oxygens (including phenoxy) is 1. The zero-order valence-electron chi connectivity index (χ0n) is 17.9. The van der Waals surface area contributed by atoms with Gasteiger partial charge in [-0.05, 0) is 60.7 Å². The number of thiazole rings is 1. The second-order valence-electron chi connectivity index (χ2n) is 8.10. The molecule has 1 heterocycles. The molecule has 1 aliphatic rings. The lowest BCUT2D eigenvalue weighted by Gasteiger charge is -2.05. The number of aromatic nitrogens is 1. The molecule has 2 N–H and O–H groups in total. The third-order valence-electron chi connectivity index (χ3n) is 5.71. The first-order valence-corrected chi connectivity index (χ1v) is 11.7. The summed E-state index contributed by atoms with van der Waals surface area (Å²) in [7, 11) is 1.63. The summed E-state index contributed by atoms with van der Waals surface area (Å²) >= 11 is 1.46. The van der Waals surface area contributed by atoms with Gasteiger partial charge in [-0.3, -0.25) is 10.1 Å². The van der Waals surface area contributed by atoms with Crippen molar-refractivity contribution in [3.63, 3.8) is 0 Å². The number of hydrogen-bond donors (Lipinski definition) is 2. The maximum absolute atomic E-state index is 12.8. The SMILES string of the molecule is COc1ccc(-c2ccccc2)c2sc(NC(=O)c3ccc(CNCC4CC4)cc3)nc12. The van der Waals surface area contributed by atoms with Crippen molar-refractivity contribution >= 4 is 32.6 Å². The van der Waals surface area contributed by atoms with Gasteiger partial charge in [-0.2, -0.15) is 0 Å². The molecule has 0 atom stereocenters. The number of nitrogens with one attached hydrogen (secondary N) is 2. The first-order chi connectivity index (χ1) is 15.7. The molecule has 0 bridgehead atoms. The van der Waals surface area contributed by atoms with Crippen LogP contribution < -0.4 is 15.4 Å². The first kappa shape index (κ1) is 20.7. The number of fused-ring (bicyclic) bond motifs is 1. The van der Waals surface area contributed by atoms with E-state index in [-0.39, 0.29) is 5.91 Å². The van der Waals surface area contributed by atoms with Crippen LogP contribution in [0.25, 0.3) is 21.3 Å². The highest BCUT2D eigenvalue weighted by Gasteiger charge is 2.20. The van der Waals surface area contributed by atoms with Gasteiger partial charge in [0.15, 0.2) is 5.13 Å². The van der Waals surface area contributed by atoms with Crippen molar-refractivity contribution in [1.82, 2.24) is 10.3 Å². The van der Waals surface area contributed by atoms with E-state index in [4.69, 9.17) is 4.74 Å². The normalized spacial score (nSPS) is 13.3. The molecule has 1 aromatic heterocycles. The van der Waals surface area contributed by atoms with Gasteiger partial charge in [0, 0.05) is 17.7 Å². The molecule has 0 radical (unpaired) electrons. The highest BCUT2D eigenvalue weighted by molar-refractivity contribution is 7.23. The summed E-state index contributed by atoms with van der Waals surface area (Å²) in [6.07, 6.45) is 2.69. The predicted molar refractivity (Wildman–Crippen MR) is 130 cm³/mol. The lowest BCUT2D eigenvalue weighted by Crippen LogP contribution is -2.16. The van der Waals surface area contributed by atoms with Gasteiger partial charge < -0.3 is 10.1 Å². The standard InChI is InChI=1S/C26H25N3O2S/c1-31-22-14-13-21(19-5-3-2-4-6-19)24-23(22)28-26(32-24)29-25(30)20-11-9-18(10-12-20)16-27-15-17-7-8-17/h2-6,9-14,17,27H,7-8,15-16H2,1H3,(H,28,29,30). The number of anilines is 1. The summed E-state index contributed by atoms with van der Waals surface area (Å²) in [5.41, 5.74) is 4.73. The van der Waals surface area contributed by atoms with Gasteiger partial charge in [0.05, 0.1) is 11.8 Å². The van der Waals surface area contributed by atoms with Crippen LogP contribution >= 0.6 is 11.3 Å². The molecule has 5 rings (SSSR count). The summed E-state index contributed by atoms with van der Waals surface area (Å²) < 4.78 is 6.50. The lowest BCUT2D eigenvalue weighted by atomic mass is 10.1. The van der Waals surface area contributed by atoms with E-state index in [1.54, 1.807) is 7.11 Å². The number of benzene rings is 3. The molecule has 1 amide bonds. The zero-order valence-corrected chi connectivity index (χ0v) is 18.7. The molecular formula is C26H25N3O2S. The van der Waals surface area contributed by atoms with Gasteiger partial charge in [0.1, 0.15) is 11.3 Å². The van der Waals surface area contributed by atoms with Crippen LogP contribution in [-0.2, 0) is 6.54 Å². The van der Waals surface area contributed by atoms with Crippen molar-refractivity contribution in [3.8, 4) is 16.9 Å². The van der Waals surface area contributed by atoms with Crippen LogP contribution in [0.3, 0.4) is 0 Å². The van der Waals surface area contributed by atoms with E-state index in [1.165, 1.54) is 29.7 Å². The summed E-state index contributed by atoms with van der Waals surface area (Å²) in [5.74, 6) is 1.39. The Morgan fingerprint density at radius 2 is 1.84 bits per heavy atom. The van der Waals surface area contributed by atoms with Gasteiger partial charge in [-0.15, -0.1) is 0 Å². The number of methoxy groups -OCH3 is 1. The molecule has 1 aliphatic carbocycles. The number of rotatable bonds is 8. The molecule has 162 valence electrons. The van der Waals surface area contributed by atoms with Crippen molar-refractivity contribution in [1.29, 1.82) is 0 Å². The Morgan fingerprint density at radius 1 is 1.06 bits per heavy atom. The topological polar surface area (TPSA) is 63.2 Å². The maximum Gasteiger partial charge on any atom is 0.257 e. The molecule has 0 spiro atoms. The van der Waals surface area contributed by atoms with Gasteiger partial charge in [0.2, 0.25) is 0 Å². The monoisotopic (exact) mass is 443 g/mol. The quantitative estimate of drug-likeness (QED) is 0.365. The van der Waals surface area contributed by atoms with Crippen LogP contribution in [0.4, 0.5) is 5.13 Å². The number of amides is 1. The number of hydrogen-bond acceptors (Lipinski definition) is 5. The Kier molecular flexibility index (Phi) is 5.88. The Bertz CT molecular complexity index is 1230. The van der Waals surface area contributed by atoms with Crippen LogP contribution in [0.1, 0.15) is 28.8 Å². The highest BCUT2D eigenvalue weighted by Crippen LogP contribution is 2.39. The molecular weight excluding hydrogens is 418 g/mol. The predicted octanol–water partition coefficient (Wildman–Crippen LogP) is 5.72. The first-order valence-electron chi connectivity index (χ1n) is 10.9. The van der Waals surface area contributed by atoms with E-state index in [1.807, 2.05) is 54.6 Å². The molecule has 3 aromatic carbocycles. The van der Waals surface area contributed by atoms with E-state index >= 15 is 0 Å². The average Bonchev–Trinajstić information content (AvgIpc) is 3.56. The fourth-order valence-corrected chi connectivity index (χ4v) is 4.75. The van der Waals surface area contributed by atoms with Crippen LogP contribution in [0, 0.1) is 5.92 Å². The summed E-state index contributed by atoms with van der Waals surface area (Å²) in [4.78, 5) is 17.5. The smallest absolute Gasteiger partial charge is 0.257 e. The van der Waals surface area contributed by atoms with Crippen molar-refractivity contribution in [2.75, 3.05) is 19.0 Å². The molecule has 32 heavy (non-hydrogen) atoms. The van der Waals surface area contributed by atoms with E-state index in [0.29, 0.717) is 16.4 Å². The van der Waals surface area contributed by atoms with Crippen molar-refractivity contribution < 1.29 is 9.53 Å². The minimum atomic E-state index is -0.165. The molecule has 4 aromatic rings. The number of carbonyl (C=O) groups is 1. The van der Waals surface area contributed by atoms with Crippen LogP contribution in [-0.4, -0.2) is 24.5 Å². The van der Waals surface area contributed by atoms with Gasteiger partial charge >= 0.3 is 0 Å². The second-order valence-corrected chi connectivity index (χ2v) is 9.10. The second kappa shape index (κ2) is 9.10. The van der Waals surface area contributed by atoms with Crippen LogP contribution in [0.2, 0.25) is 0 Å². The van der Waals surface area contributed by atoms with Gasteiger partial charge in [-0.25, -0.2) is 4.98 Å². The van der Waals surface area contributed by atoms with Crippen LogP contribution in [0.15, 0.2) is 66.7 Å². The van der Waals surface area contributed by atoms with E-state index < -0.39 is 0 Å². The summed E-state index contributed by atoms with van der Waals surface area (Å²) in [6.45, 7) is 1.91. The van der Waals surface area contributed by atoms with E-state index in [2.05, 4.69) is 27.8 Å². The molecule has 1 fully saturated rings. The van der Waals surface area contributed by atoms with Crippen molar-refractivity contribution in [2.24, 2.45) is 5.92 Å². The van der Waals surface area contributed by atoms with Gasteiger partial charge in [0.25, 0.3) is 5.91 Å². The maximum atomic E-state index is 12.8. The van der Waals surface area contributed by atoms with Crippen LogP contribution in [0.5, 0.6) is 5.75 Å². The Morgan fingerprint density at radius 3 is 2.56 bits per heavy atom. The average molecular weight is 444 g/mol. The summed E-state index contributed by atoms with van der Waals surface area (Å²) in [6, 6.07) is 21.9. The highest BCUT2D eigenvalue weighted by atomic mass is 32.1. The molecule has 1 saturated carbocycles. The summed E-state index contributed by atoms with van der Waals surface area (Å²) in [5, 5.41) is 6.99. The van der Waals surface area contributed by atoms with Crippen molar-refractivity contribution in [2.45, 2.75) is 19.4 Å². The molecule has 5 nitrogen and oxygen atoms in total. The zero-order chi connectivity index (χ0) is 21.9. The van der Waals surface area contributed by atoms with Gasteiger partial charge in [-0.1, -0.05) is 53.8 Å². The van der Waals surface area contributed by atoms with E-state index in [9.17, 15) is 4.79 Å². The lowest BCUT2D eigenvalue weighted by molar-refractivity contribution is 0.102. The van der Waals surface area contributed by atoms with Crippen molar-refractivity contribution in [3.05, 3.63) is 77.9 Å². The minimum Gasteiger partial charge on any atom is -0.494 e. The fourth-order valence-electron chi connectivity index (χ4n) is 3.73. The molecule has 6 heteroatoms. The molecule has 0 unspecified atom stereocenters. The molecule has 0 aliphatic heterocycles. The fraction of sp³-hybridized carbons (Fsp3) is 0.231. The number of carbonyl (C=O) groups excluding carboxylic acids is 1. The molecule has 0 saturated heterocycles. The Labute approximate surface area is 191 Å². The number of nitrogens with zero attached hydrogens (tertiary/aromatic N) is 1. The third-order valence-corrected chi connectivity index (χ3v) is 6.71.